The van der Waals surface area contributed by atoms with E-state index in [1.165, 1.54) is 18.4 Å². The monoisotopic (exact) mass is 372 g/mol. The summed E-state index contributed by atoms with van der Waals surface area (Å²) in [5.74, 6) is 2.37. The van der Waals surface area contributed by atoms with E-state index in [2.05, 4.69) is 65.1 Å². The maximum atomic E-state index is 12.2. The molecule has 0 fully saturated rings. The molecule has 3 rings (SSSR count). The zero-order valence-corrected chi connectivity index (χ0v) is 16.7. The van der Waals surface area contributed by atoms with Crippen LogP contribution in [0.15, 0.2) is 29.2 Å². The summed E-state index contributed by atoms with van der Waals surface area (Å²) in [6.45, 7) is 8.02. The SMILES string of the molecule is CC(C)(C)c1ccc(SCC(=O)NCc2nnc3n2CCCCC3)cc1. The van der Waals surface area contributed by atoms with Gasteiger partial charge in [0, 0.05) is 17.9 Å². The molecule has 0 atom stereocenters. The van der Waals surface area contributed by atoms with Gasteiger partial charge in [-0.2, -0.15) is 0 Å². The number of aryl methyl sites for hydroxylation is 1. The Labute approximate surface area is 160 Å². The number of rotatable bonds is 5. The molecule has 0 bridgehead atoms. The van der Waals surface area contributed by atoms with Crippen molar-refractivity contribution in [1.29, 1.82) is 0 Å². The zero-order chi connectivity index (χ0) is 18.6. The van der Waals surface area contributed by atoms with Gasteiger partial charge in [-0.1, -0.05) is 39.3 Å². The average Bonchev–Trinajstić information content (AvgIpc) is 2.84. The standard InChI is InChI=1S/C20H28N4OS/c1-20(2,3)15-8-10-16(11-9-15)26-14-19(25)21-13-18-23-22-17-7-5-4-6-12-24(17)18/h8-11H,4-7,12-14H2,1-3H3,(H,21,25). The average molecular weight is 373 g/mol. The summed E-state index contributed by atoms with van der Waals surface area (Å²) in [6.07, 6.45) is 4.56. The highest BCUT2D eigenvalue weighted by atomic mass is 32.2. The molecule has 1 aromatic carbocycles. The lowest BCUT2D eigenvalue weighted by Crippen LogP contribution is -2.26. The lowest BCUT2D eigenvalue weighted by Gasteiger charge is -2.19. The van der Waals surface area contributed by atoms with Crippen molar-refractivity contribution in [3.05, 3.63) is 41.5 Å². The van der Waals surface area contributed by atoms with Crippen molar-refractivity contribution >= 4 is 17.7 Å². The van der Waals surface area contributed by atoms with E-state index in [1.54, 1.807) is 11.8 Å². The van der Waals surface area contributed by atoms with Crippen LogP contribution in [-0.4, -0.2) is 26.4 Å². The number of benzene rings is 1. The fraction of sp³-hybridized carbons (Fsp3) is 0.550. The van der Waals surface area contributed by atoms with Gasteiger partial charge in [0.1, 0.15) is 5.82 Å². The molecule has 6 heteroatoms. The maximum absolute atomic E-state index is 12.2. The van der Waals surface area contributed by atoms with E-state index in [0.717, 1.165) is 35.9 Å². The van der Waals surface area contributed by atoms with Crippen molar-refractivity contribution in [2.24, 2.45) is 0 Å². The van der Waals surface area contributed by atoms with Gasteiger partial charge >= 0.3 is 0 Å². The van der Waals surface area contributed by atoms with E-state index in [1.807, 2.05) is 0 Å². The molecule has 5 nitrogen and oxygen atoms in total. The van der Waals surface area contributed by atoms with Gasteiger partial charge in [0.2, 0.25) is 5.91 Å². The second kappa shape index (κ2) is 8.25. The number of thioether (sulfide) groups is 1. The van der Waals surface area contributed by atoms with Crippen molar-refractivity contribution < 1.29 is 4.79 Å². The third kappa shape index (κ3) is 4.87. The first-order chi connectivity index (χ1) is 12.4. The predicted molar refractivity (Wildman–Crippen MR) is 105 cm³/mol. The van der Waals surface area contributed by atoms with Gasteiger partial charge in [-0.25, -0.2) is 0 Å². The molecule has 2 heterocycles. The Morgan fingerprint density at radius 1 is 1.15 bits per heavy atom. The second-order valence-electron chi connectivity index (χ2n) is 7.83. The Morgan fingerprint density at radius 2 is 1.92 bits per heavy atom. The smallest absolute Gasteiger partial charge is 0.230 e. The van der Waals surface area contributed by atoms with Gasteiger partial charge in [0.25, 0.3) is 0 Å². The molecule has 0 unspecified atom stereocenters. The quantitative estimate of drug-likeness (QED) is 0.813. The molecule has 1 N–H and O–H groups in total. The van der Waals surface area contributed by atoms with Crippen LogP contribution < -0.4 is 5.32 Å². The summed E-state index contributed by atoms with van der Waals surface area (Å²) in [4.78, 5) is 13.3. The Hall–Kier alpha value is -1.82. The molecule has 140 valence electrons. The van der Waals surface area contributed by atoms with Gasteiger partial charge in [-0.15, -0.1) is 22.0 Å². The van der Waals surface area contributed by atoms with Gasteiger partial charge in [-0.05, 0) is 36.0 Å². The molecule has 1 amide bonds. The van der Waals surface area contributed by atoms with Crippen LogP contribution in [-0.2, 0) is 29.7 Å². The highest BCUT2D eigenvalue weighted by Crippen LogP contribution is 2.25. The summed E-state index contributed by atoms with van der Waals surface area (Å²) < 4.78 is 2.17. The molecule has 1 aromatic heterocycles. The molecule has 0 saturated carbocycles. The van der Waals surface area contributed by atoms with E-state index in [-0.39, 0.29) is 11.3 Å². The minimum absolute atomic E-state index is 0.0286. The summed E-state index contributed by atoms with van der Waals surface area (Å²) >= 11 is 1.56. The van der Waals surface area contributed by atoms with Crippen LogP contribution in [0, 0.1) is 0 Å². The van der Waals surface area contributed by atoms with E-state index in [4.69, 9.17) is 0 Å². The molecule has 0 radical (unpaired) electrons. The number of hydrogen-bond acceptors (Lipinski definition) is 4. The van der Waals surface area contributed by atoms with Crippen LogP contribution >= 0.6 is 11.8 Å². The van der Waals surface area contributed by atoms with Crippen LogP contribution in [0.2, 0.25) is 0 Å². The molecule has 1 aliphatic rings. The molecular weight excluding hydrogens is 344 g/mol. The molecule has 1 aliphatic heterocycles. The Bertz CT molecular complexity index is 746. The molecule has 0 aliphatic carbocycles. The number of fused-ring (bicyclic) bond motifs is 1. The zero-order valence-electron chi connectivity index (χ0n) is 15.9. The van der Waals surface area contributed by atoms with Gasteiger partial charge < -0.3 is 9.88 Å². The predicted octanol–water partition coefficient (Wildman–Crippen LogP) is 3.71. The normalized spacial score (nSPS) is 14.6. The maximum Gasteiger partial charge on any atom is 0.230 e. The number of amides is 1. The first-order valence-electron chi connectivity index (χ1n) is 9.34. The van der Waals surface area contributed by atoms with Crippen molar-refractivity contribution in [2.75, 3.05) is 5.75 Å². The third-order valence-corrected chi connectivity index (χ3v) is 5.73. The number of nitrogens with zero attached hydrogens (tertiary/aromatic N) is 3. The third-order valence-electron chi connectivity index (χ3n) is 4.72. The number of hydrogen-bond donors (Lipinski definition) is 1. The largest absolute Gasteiger partial charge is 0.348 e. The molecule has 26 heavy (non-hydrogen) atoms. The first-order valence-corrected chi connectivity index (χ1v) is 10.3. The molecule has 0 spiro atoms. The number of nitrogens with one attached hydrogen (secondary N) is 1. The Balaban J connectivity index is 1.48. The highest BCUT2D eigenvalue weighted by Gasteiger charge is 2.15. The van der Waals surface area contributed by atoms with Crippen molar-refractivity contribution in [1.82, 2.24) is 20.1 Å². The lowest BCUT2D eigenvalue weighted by molar-refractivity contribution is -0.118. The van der Waals surface area contributed by atoms with E-state index < -0.39 is 0 Å². The second-order valence-corrected chi connectivity index (χ2v) is 8.88. The summed E-state index contributed by atoms with van der Waals surface area (Å²) in [6, 6.07) is 8.48. The van der Waals surface area contributed by atoms with E-state index in [0.29, 0.717) is 12.3 Å². The number of aromatic nitrogens is 3. The van der Waals surface area contributed by atoms with E-state index >= 15 is 0 Å². The molecule has 2 aromatic rings. The molecule has 0 saturated heterocycles. The van der Waals surface area contributed by atoms with Gasteiger partial charge in [0.05, 0.1) is 12.3 Å². The van der Waals surface area contributed by atoms with Crippen LogP contribution in [0.1, 0.15) is 57.2 Å². The van der Waals surface area contributed by atoms with Crippen molar-refractivity contribution in [3.8, 4) is 0 Å². The van der Waals surface area contributed by atoms with Gasteiger partial charge in [-0.3, -0.25) is 4.79 Å². The van der Waals surface area contributed by atoms with Crippen LogP contribution in [0.4, 0.5) is 0 Å². The minimum atomic E-state index is 0.0286. The van der Waals surface area contributed by atoms with Crippen LogP contribution in [0.25, 0.3) is 0 Å². The summed E-state index contributed by atoms with van der Waals surface area (Å²) in [7, 11) is 0. The minimum Gasteiger partial charge on any atom is -0.348 e. The van der Waals surface area contributed by atoms with Crippen molar-refractivity contribution in [3.63, 3.8) is 0 Å². The summed E-state index contributed by atoms with van der Waals surface area (Å²) in [5.41, 5.74) is 1.45. The van der Waals surface area contributed by atoms with Crippen molar-refractivity contribution in [2.45, 2.75) is 69.9 Å². The number of carbonyl (C=O) groups excluding carboxylic acids is 1. The van der Waals surface area contributed by atoms with E-state index in [9.17, 15) is 4.79 Å². The molecular formula is C20H28N4OS. The van der Waals surface area contributed by atoms with Gasteiger partial charge in [0.15, 0.2) is 5.82 Å². The summed E-state index contributed by atoms with van der Waals surface area (Å²) in [5, 5.41) is 11.5. The Kier molecular flexibility index (Phi) is 6.01. The fourth-order valence-corrected chi connectivity index (χ4v) is 3.83. The van der Waals surface area contributed by atoms with Crippen LogP contribution in [0.5, 0.6) is 0 Å². The van der Waals surface area contributed by atoms with Crippen LogP contribution in [0.3, 0.4) is 0 Å². The Morgan fingerprint density at radius 3 is 2.65 bits per heavy atom. The fourth-order valence-electron chi connectivity index (χ4n) is 3.10. The highest BCUT2D eigenvalue weighted by molar-refractivity contribution is 8.00. The lowest BCUT2D eigenvalue weighted by atomic mass is 9.87. The number of carbonyl (C=O) groups is 1. The first kappa shape index (κ1) is 19.0. The topological polar surface area (TPSA) is 59.8 Å².